The van der Waals surface area contributed by atoms with Gasteiger partial charge in [0, 0.05) is 28.2 Å². The van der Waals surface area contributed by atoms with E-state index in [4.69, 9.17) is 23.2 Å². The molecule has 1 aliphatic heterocycles. The average molecular weight is 230 g/mol. The first-order valence-electron chi connectivity index (χ1n) is 4.35. The molecule has 1 atom stereocenters. The third-order valence-electron chi connectivity index (χ3n) is 2.23. The molecule has 1 aromatic carbocycles. The molecule has 1 unspecified atom stereocenters. The lowest BCUT2D eigenvalue weighted by Crippen LogP contribution is -2.12. The number of carbonyl (C=O) groups excluding carboxylic acids is 1. The van der Waals surface area contributed by atoms with E-state index in [1.165, 1.54) is 0 Å². The van der Waals surface area contributed by atoms with Gasteiger partial charge in [0.05, 0.1) is 0 Å². The maximum atomic E-state index is 11.7. The number of benzene rings is 1. The van der Waals surface area contributed by atoms with Crippen molar-refractivity contribution in [1.82, 2.24) is 4.90 Å². The molecular formula is C10H9Cl2NO. The summed E-state index contributed by atoms with van der Waals surface area (Å²) in [5.74, 6) is 0.00176. The van der Waals surface area contributed by atoms with Gasteiger partial charge in [-0.25, -0.2) is 0 Å². The van der Waals surface area contributed by atoms with E-state index in [0.717, 1.165) is 6.54 Å². The Morgan fingerprint density at radius 3 is 2.29 bits per heavy atom. The minimum Gasteiger partial charge on any atom is -0.332 e. The number of amides is 1. The second-order valence-electron chi connectivity index (χ2n) is 3.46. The number of halogens is 2. The van der Waals surface area contributed by atoms with Crippen LogP contribution in [0.5, 0.6) is 0 Å². The monoisotopic (exact) mass is 229 g/mol. The number of rotatable bonds is 1. The first-order valence-corrected chi connectivity index (χ1v) is 5.10. The van der Waals surface area contributed by atoms with Crippen LogP contribution in [0.3, 0.4) is 0 Å². The molecule has 1 heterocycles. The lowest BCUT2D eigenvalue weighted by Gasteiger charge is -2.03. The third kappa shape index (κ3) is 1.86. The highest BCUT2D eigenvalue weighted by Crippen LogP contribution is 2.24. The highest BCUT2D eigenvalue weighted by molar-refractivity contribution is 6.35. The smallest absolute Gasteiger partial charge is 0.254 e. The summed E-state index contributed by atoms with van der Waals surface area (Å²) in [7, 11) is 0. The molecule has 0 radical (unpaired) electrons. The minimum absolute atomic E-state index is 0.00176. The molecule has 1 fully saturated rings. The van der Waals surface area contributed by atoms with E-state index in [2.05, 4.69) is 0 Å². The summed E-state index contributed by atoms with van der Waals surface area (Å²) in [5, 5.41) is 0.991. The molecule has 0 saturated carbocycles. The maximum absolute atomic E-state index is 11.7. The summed E-state index contributed by atoms with van der Waals surface area (Å²) >= 11 is 11.6. The standard InChI is InChI=1S/C10H9Cl2NO/c1-6-5-13(6)10(14)7-2-8(11)4-9(12)3-7/h2-4,6H,5H2,1H3. The van der Waals surface area contributed by atoms with Crippen LogP contribution in [0.1, 0.15) is 17.3 Å². The van der Waals surface area contributed by atoms with Gasteiger partial charge >= 0.3 is 0 Å². The van der Waals surface area contributed by atoms with Gasteiger partial charge in [0.25, 0.3) is 5.91 Å². The predicted molar refractivity (Wildman–Crippen MR) is 57.0 cm³/mol. The van der Waals surface area contributed by atoms with E-state index >= 15 is 0 Å². The summed E-state index contributed by atoms with van der Waals surface area (Å²) in [4.78, 5) is 13.5. The van der Waals surface area contributed by atoms with Gasteiger partial charge in [0.2, 0.25) is 0 Å². The van der Waals surface area contributed by atoms with Gasteiger partial charge in [-0.1, -0.05) is 23.2 Å². The molecular weight excluding hydrogens is 221 g/mol. The van der Waals surface area contributed by atoms with Crippen molar-refractivity contribution in [2.45, 2.75) is 13.0 Å². The van der Waals surface area contributed by atoms with Crippen molar-refractivity contribution in [2.24, 2.45) is 0 Å². The van der Waals surface area contributed by atoms with Crippen molar-refractivity contribution in [1.29, 1.82) is 0 Å². The van der Waals surface area contributed by atoms with Crippen LogP contribution >= 0.6 is 23.2 Å². The van der Waals surface area contributed by atoms with Gasteiger partial charge in [0.15, 0.2) is 0 Å². The SMILES string of the molecule is CC1CN1C(=O)c1cc(Cl)cc(Cl)c1. The molecule has 74 valence electrons. The quantitative estimate of drug-likeness (QED) is 0.679. The molecule has 1 aliphatic rings. The second-order valence-corrected chi connectivity index (χ2v) is 4.34. The van der Waals surface area contributed by atoms with Crippen molar-refractivity contribution >= 4 is 29.1 Å². The number of hydrogen-bond donors (Lipinski definition) is 0. The Morgan fingerprint density at radius 1 is 1.36 bits per heavy atom. The molecule has 2 nitrogen and oxygen atoms in total. The summed E-state index contributed by atoms with van der Waals surface area (Å²) in [6.45, 7) is 2.83. The van der Waals surface area contributed by atoms with E-state index in [0.29, 0.717) is 21.7 Å². The average Bonchev–Trinajstić information content (AvgIpc) is 2.79. The molecule has 4 heteroatoms. The number of carbonyl (C=O) groups is 1. The molecule has 0 spiro atoms. The fraction of sp³-hybridized carbons (Fsp3) is 0.300. The second kappa shape index (κ2) is 3.44. The van der Waals surface area contributed by atoms with Crippen molar-refractivity contribution in [3.8, 4) is 0 Å². The highest BCUT2D eigenvalue weighted by atomic mass is 35.5. The van der Waals surface area contributed by atoms with Crippen LogP contribution in [0.2, 0.25) is 10.0 Å². The van der Waals surface area contributed by atoms with E-state index < -0.39 is 0 Å². The molecule has 1 amide bonds. The first kappa shape index (κ1) is 9.81. The molecule has 14 heavy (non-hydrogen) atoms. The topological polar surface area (TPSA) is 20.1 Å². The van der Waals surface area contributed by atoms with Gasteiger partial charge in [0.1, 0.15) is 0 Å². The Morgan fingerprint density at radius 2 is 1.86 bits per heavy atom. The summed E-state index contributed by atoms with van der Waals surface area (Å²) in [5.41, 5.74) is 0.562. The van der Waals surface area contributed by atoms with Gasteiger partial charge < -0.3 is 4.90 Å². The summed E-state index contributed by atoms with van der Waals surface area (Å²) in [6, 6.07) is 5.24. The molecule has 0 bridgehead atoms. The lowest BCUT2D eigenvalue weighted by atomic mass is 10.2. The lowest BCUT2D eigenvalue weighted by molar-refractivity contribution is 0.0876. The Bertz CT molecular complexity index is 371. The van der Waals surface area contributed by atoms with Crippen LogP contribution in [0.25, 0.3) is 0 Å². The Hall–Kier alpha value is -0.730. The van der Waals surface area contributed by atoms with Crippen LogP contribution in [0.15, 0.2) is 18.2 Å². The molecule has 0 aromatic heterocycles. The van der Waals surface area contributed by atoms with Crippen LogP contribution < -0.4 is 0 Å². The van der Waals surface area contributed by atoms with Gasteiger partial charge in [-0.15, -0.1) is 0 Å². The largest absolute Gasteiger partial charge is 0.332 e. The predicted octanol–water partition coefficient (Wildman–Crippen LogP) is 2.84. The van der Waals surface area contributed by atoms with E-state index in [-0.39, 0.29) is 5.91 Å². The van der Waals surface area contributed by atoms with Gasteiger partial charge in [-0.05, 0) is 25.1 Å². The summed E-state index contributed by atoms with van der Waals surface area (Å²) in [6.07, 6.45) is 0. The minimum atomic E-state index is 0.00176. The first-order chi connectivity index (χ1) is 6.58. The van der Waals surface area contributed by atoms with E-state index in [9.17, 15) is 4.79 Å². The van der Waals surface area contributed by atoms with Crippen LogP contribution in [-0.2, 0) is 0 Å². The fourth-order valence-electron chi connectivity index (χ4n) is 1.36. The zero-order chi connectivity index (χ0) is 10.3. The van der Waals surface area contributed by atoms with Crippen molar-refractivity contribution in [3.05, 3.63) is 33.8 Å². The highest BCUT2D eigenvalue weighted by Gasteiger charge is 2.34. The van der Waals surface area contributed by atoms with E-state index in [1.807, 2.05) is 6.92 Å². The van der Waals surface area contributed by atoms with Crippen LogP contribution in [0, 0.1) is 0 Å². The summed E-state index contributed by atoms with van der Waals surface area (Å²) < 4.78 is 0. The normalized spacial score (nSPS) is 19.6. The van der Waals surface area contributed by atoms with Crippen molar-refractivity contribution < 1.29 is 4.79 Å². The molecule has 1 aromatic rings. The maximum Gasteiger partial charge on any atom is 0.254 e. The molecule has 1 saturated heterocycles. The third-order valence-corrected chi connectivity index (χ3v) is 2.67. The van der Waals surface area contributed by atoms with Crippen LogP contribution in [0.4, 0.5) is 0 Å². The zero-order valence-electron chi connectivity index (χ0n) is 7.63. The van der Waals surface area contributed by atoms with Crippen molar-refractivity contribution in [3.63, 3.8) is 0 Å². The van der Waals surface area contributed by atoms with Crippen LogP contribution in [-0.4, -0.2) is 23.4 Å². The molecule has 2 rings (SSSR count). The number of nitrogens with zero attached hydrogens (tertiary/aromatic N) is 1. The fourth-order valence-corrected chi connectivity index (χ4v) is 1.89. The Labute approximate surface area is 92.4 Å². The molecule has 0 N–H and O–H groups in total. The zero-order valence-corrected chi connectivity index (χ0v) is 9.14. The molecule has 0 aliphatic carbocycles. The van der Waals surface area contributed by atoms with Gasteiger partial charge in [-0.3, -0.25) is 4.79 Å². The van der Waals surface area contributed by atoms with Crippen molar-refractivity contribution in [2.75, 3.05) is 6.54 Å². The Kier molecular flexibility index (Phi) is 2.41. The van der Waals surface area contributed by atoms with Gasteiger partial charge in [-0.2, -0.15) is 0 Å². The van der Waals surface area contributed by atoms with E-state index in [1.54, 1.807) is 23.1 Å². The Balaban J connectivity index is 2.27. The number of hydrogen-bond acceptors (Lipinski definition) is 1.